The zero-order chi connectivity index (χ0) is 22.2. The maximum absolute atomic E-state index is 13.4. The molecule has 5 rings (SSSR count). The molecule has 3 aromatic carbocycles. The van der Waals surface area contributed by atoms with Crippen LogP contribution in [0.4, 0.5) is 5.69 Å². The molecule has 0 saturated carbocycles. The zero-order valence-corrected chi connectivity index (χ0v) is 18.3. The molecular weight excluding hydrogens is 422 g/mol. The Labute approximate surface area is 191 Å². The number of rotatable bonds is 4. The van der Waals surface area contributed by atoms with Gasteiger partial charge in [0.15, 0.2) is 5.78 Å². The van der Waals surface area contributed by atoms with Crippen LogP contribution in [0.3, 0.4) is 0 Å². The van der Waals surface area contributed by atoms with E-state index < -0.39 is 0 Å². The molecule has 160 valence electrons. The van der Waals surface area contributed by atoms with Gasteiger partial charge in [0.05, 0.1) is 6.04 Å². The molecule has 0 radical (unpaired) electrons. The number of halogens is 1. The third kappa shape index (κ3) is 3.71. The molecule has 0 spiro atoms. The largest absolute Gasteiger partial charge is 0.427 e. The number of nitrogens with one attached hydrogen (secondary N) is 1. The van der Waals surface area contributed by atoms with Crippen LogP contribution in [0, 0.1) is 5.92 Å². The van der Waals surface area contributed by atoms with E-state index in [4.69, 9.17) is 16.3 Å². The summed E-state index contributed by atoms with van der Waals surface area (Å²) in [7, 11) is 0. The molecule has 1 heterocycles. The highest BCUT2D eigenvalue weighted by atomic mass is 35.5. The number of carbonyl (C=O) groups excluding carboxylic acids is 2. The molecule has 0 fully saturated rings. The minimum Gasteiger partial charge on any atom is -0.427 e. The van der Waals surface area contributed by atoms with E-state index >= 15 is 0 Å². The van der Waals surface area contributed by atoms with Gasteiger partial charge in [-0.05, 0) is 47.7 Å². The summed E-state index contributed by atoms with van der Waals surface area (Å²) in [5.41, 5.74) is 4.19. The third-order valence-electron chi connectivity index (χ3n) is 6.22. The summed E-state index contributed by atoms with van der Waals surface area (Å²) in [6.45, 7) is 1.39. The van der Waals surface area contributed by atoms with Crippen molar-refractivity contribution in [2.45, 2.75) is 25.3 Å². The maximum Gasteiger partial charge on any atom is 0.308 e. The van der Waals surface area contributed by atoms with Gasteiger partial charge in [-0.3, -0.25) is 9.59 Å². The fraction of sp³-hybridized carbons (Fsp3) is 0.185. The van der Waals surface area contributed by atoms with Crippen molar-refractivity contribution in [1.82, 2.24) is 0 Å². The van der Waals surface area contributed by atoms with E-state index in [1.165, 1.54) is 6.92 Å². The number of carbonyl (C=O) groups is 2. The molecule has 1 N–H and O–H groups in total. The van der Waals surface area contributed by atoms with Crippen LogP contribution in [-0.2, 0) is 4.79 Å². The molecule has 0 bridgehead atoms. The zero-order valence-electron chi connectivity index (χ0n) is 17.5. The first kappa shape index (κ1) is 20.5. The van der Waals surface area contributed by atoms with Crippen molar-refractivity contribution in [3.05, 3.63) is 106 Å². The van der Waals surface area contributed by atoms with Crippen LogP contribution in [0.1, 0.15) is 52.4 Å². The Hall–Kier alpha value is -3.37. The minimum atomic E-state index is -0.344. The van der Waals surface area contributed by atoms with Crippen molar-refractivity contribution < 1.29 is 14.3 Å². The molecule has 0 saturated heterocycles. The number of esters is 1. The first-order valence-corrected chi connectivity index (χ1v) is 11.0. The summed E-state index contributed by atoms with van der Waals surface area (Å²) in [4.78, 5) is 24.6. The molecule has 32 heavy (non-hydrogen) atoms. The maximum atomic E-state index is 13.4. The highest BCUT2D eigenvalue weighted by Gasteiger charge is 2.39. The summed E-state index contributed by atoms with van der Waals surface area (Å²) >= 11 is 6.47. The van der Waals surface area contributed by atoms with Crippen LogP contribution in [0.15, 0.2) is 78.9 Å². The summed E-state index contributed by atoms with van der Waals surface area (Å²) < 4.78 is 5.18. The molecule has 3 aromatic rings. The molecule has 1 aliphatic carbocycles. The van der Waals surface area contributed by atoms with Crippen molar-refractivity contribution in [2.75, 3.05) is 5.32 Å². The van der Waals surface area contributed by atoms with Gasteiger partial charge in [-0.25, -0.2) is 0 Å². The summed E-state index contributed by atoms with van der Waals surface area (Å²) in [6.07, 6.45) is 5.35. The standard InChI is InChI=1S/C27H22ClNO3/c1-16(30)32-20-12-10-17(11-13-20)25-22-9-5-8-21(22)23-14-19(28)15-24(26(23)29-25)27(31)18-6-3-2-4-7-18/h2-8,10-15,21-22,25,29H,9H2,1H3/t21-,22+,25+/m1/s1. The number of allylic oxidation sites excluding steroid dienone is 2. The molecule has 0 amide bonds. The molecule has 3 atom stereocenters. The fourth-order valence-electron chi connectivity index (χ4n) is 4.83. The quantitative estimate of drug-likeness (QED) is 0.222. The lowest BCUT2D eigenvalue weighted by Gasteiger charge is -2.38. The number of ether oxygens (including phenoxy) is 1. The van der Waals surface area contributed by atoms with E-state index in [1.807, 2.05) is 60.7 Å². The number of hydrogen-bond donors (Lipinski definition) is 1. The Morgan fingerprint density at radius 3 is 2.50 bits per heavy atom. The van der Waals surface area contributed by atoms with Gasteiger partial charge in [-0.2, -0.15) is 0 Å². The van der Waals surface area contributed by atoms with Crippen LogP contribution in [0.5, 0.6) is 5.75 Å². The number of fused-ring (bicyclic) bond motifs is 3. The number of ketones is 1. The Kier molecular flexibility index (Phi) is 5.32. The van der Waals surface area contributed by atoms with E-state index in [0.717, 1.165) is 23.2 Å². The smallest absolute Gasteiger partial charge is 0.308 e. The minimum absolute atomic E-state index is 0.0115. The lowest BCUT2D eigenvalue weighted by atomic mass is 9.76. The molecule has 5 heteroatoms. The Morgan fingerprint density at radius 1 is 1.03 bits per heavy atom. The van der Waals surface area contributed by atoms with E-state index in [1.54, 1.807) is 6.07 Å². The number of benzene rings is 3. The summed E-state index contributed by atoms with van der Waals surface area (Å²) in [5.74, 6) is 0.598. The van der Waals surface area contributed by atoms with Gasteiger partial charge in [-0.15, -0.1) is 0 Å². The number of anilines is 1. The lowest BCUT2D eigenvalue weighted by molar-refractivity contribution is -0.131. The van der Waals surface area contributed by atoms with Crippen LogP contribution in [0.2, 0.25) is 5.02 Å². The Bertz CT molecular complexity index is 1220. The van der Waals surface area contributed by atoms with E-state index in [0.29, 0.717) is 27.8 Å². The second-order valence-corrected chi connectivity index (χ2v) is 8.69. The highest BCUT2D eigenvalue weighted by molar-refractivity contribution is 6.31. The topological polar surface area (TPSA) is 55.4 Å². The van der Waals surface area contributed by atoms with Gasteiger partial charge in [0.2, 0.25) is 0 Å². The van der Waals surface area contributed by atoms with Gasteiger partial charge in [0.25, 0.3) is 0 Å². The van der Waals surface area contributed by atoms with Crippen LogP contribution >= 0.6 is 11.6 Å². The molecular formula is C27H22ClNO3. The Balaban J connectivity index is 1.57. The SMILES string of the molecule is CC(=O)Oc1ccc([C@@H]2Nc3c(C(=O)c4ccccc4)cc(Cl)cc3[C@@H]3C=CC[C@@H]32)cc1. The average molecular weight is 444 g/mol. The van der Waals surface area contributed by atoms with Gasteiger partial charge >= 0.3 is 5.97 Å². The van der Waals surface area contributed by atoms with Crippen LogP contribution < -0.4 is 10.1 Å². The molecule has 2 aliphatic rings. The lowest BCUT2D eigenvalue weighted by Crippen LogP contribution is -2.30. The second-order valence-electron chi connectivity index (χ2n) is 8.25. The third-order valence-corrected chi connectivity index (χ3v) is 6.43. The van der Waals surface area contributed by atoms with Gasteiger partial charge in [0.1, 0.15) is 5.75 Å². The monoisotopic (exact) mass is 443 g/mol. The molecule has 1 aliphatic heterocycles. The predicted molar refractivity (Wildman–Crippen MR) is 125 cm³/mol. The van der Waals surface area contributed by atoms with E-state index in [9.17, 15) is 9.59 Å². The van der Waals surface area contributed by atoms with Crippen LogP contribution in [0.25, 0.3) is 0 Å². The fourth-order valence-corrected chi connectivity index (χ4v) is 5.05. The number of hydrogen-bond acceptors (Lipinski definition) is 4. The van der Waals surface area contributed by atoms with Crippen LogP contribution in [-0.4, -0.2) is 11.8 Å². The first-order valence-electron chi connectivity index (χ1n) is 10.7. The molecule has 4 nitrogen and oxygen atoms in total. The van der Waals surface area contributed by atoms with Crippen molar-refractivity contribution in [1.29, 1.82) is 0 Å². The average Bonchev–Trinajstić information content (AvgIpc) is 3.29. The predicted octanol–water partition coefficient (Wildman–Crippen LogP) is 6.32. The summed E-state index contributed by atoms with van der Waals surface area (Å²) in [6, 6.07) is 20.6. The van der Waals surface area contributed by atoms with E-state index in [2.05, 4.69) is 17.5 Å². The highest BCUT2D eigenvalue weighted by Crippen LogP contribution is 2.51. The molecule has 0 unspecified atom stereocenters. The van der Waals surface area contributed by atoms with Crippen molar-refractivity contribution in [2.24, 2.45) is 5.92 Å². The van der Waals surface area contributed by atoms with E-state index in [-0.39, 0.29) is 23.7 Å². The van der Waals surface area contributed by atoms with Gasteiger partial charge < -0.3 is 10.1 Å². The molecule has 0 aromatic heterocycles. The van der Waals surface area contributed by atoms with Gasteiger partial charge in [0, 0.05) is 34.7 Å². The normalized spacial score (nSPS) is 20.8. The van der Waals surface area contributed by atoms with Crippen molar-refractivity contribution in [3.8, 4) is 5.75 Å². The van der Waals surface area contributed by atoms with Crippen molar-refractivity contribution in [3.63, 3.8) is 0 Å². The second kappa shape index (κ2) is 8.29. The summed E-state index contributed by atoms with van der Waals surface area (Å²) in [5, 5.41) is 4.23. The van der Waals surface area contributed by atoms with Gasteiger partial charge in [-0.1, -0.05) is 66.2 Å². The van der Waals surface area contributed by atoms with Crippen molar-refractivity contribution >= 4 is 29.0 Å². The Morgan fingerprint density at radius 2 is 1.78 bits per heavy atom. The first-order chi connectivity index (χ1) is 15.5.